The molecule has 21 heavy (non-hydrogen) atoms. The van der Waals surface area contributed by atoms with Crippen LogP contribution < -0.4 is 4.72 Å². The van der Waals surface area contributed by atoms with Crippen LogP contribution in [0.3, 0.4) is 0 Å². The fraction of sp³-hybridized carbons (Fsp3) is 0.143. The van der Waals surface area contributed by atoms with E-state index < -0.39 is 16.0 Å². The van der Waals surface area contributed by atoms with E-state index in [1.54, 1.807) is 26.0 Å². The highest BCUT2D eigenvalue weighted by molar-refractivity contribution is 7.92. The summed E-state index contributed by atoms with van der Waals surface area (Å²) in [5.41, 5.74) is 1.59. The number of hydrogen-bond acceptors (Lipinski definition) is 4. The predicted molar refractivity (Wildman–Crippen MR) is 77.9 cm³/mol. The summed E-state index contributed by atoms with van der Waals surface area (Å²) in [5.74, 6) is -1.22. The number of pyridine rings is 1. The molecule has 0 saturated carbocycles. The third-order valence-corrected chi connectivity index (χ3v) is 4.10. The minimum absolute atomic E-state index is 0.133. The van der Waals surface area contributed by atoms with E-state index in [-0.39, 0.29) is 16.3 Å². The van der Waals surface area contributed by atoms with E-state index >= 15 is 0 Å². The van der Waals surface area contributed by atoms with Crippen molar-refractivity contribution in [1.82, 2.24) is 4.98 Å². The molecule has 0 aliphatic heterocycles. The van der Waals surface area contributed by atoms with Crippen molar-refractivity contribution in [2.45, 2.75) is 18.7 Å². The second-order valence-electron chi connectivity index (χ2n) is 4.66. The first-order valence-corrected chi connectivity index (χ1v) is 7.57. The van der Waals surface area contributed by atoms with Crippen LogP contribution in [0.5, 0.6) is 0 Å². The number of carboxylic acids is 1. The lowest BCUT2D eigenvalue weighted by molar-refractivity contribution is 0.0690. The Morgan fingerprint density at radius 2 is 1.76 bits per heavy atom. The zero-order valence-corrected chi connectivity index (χ0v) is 12.3. The van der Waals surface area contributed by atoms with Crippen molar-refractivity contribution in [1.29, 1.82) is 0 Å². The van der Waals surface area contributed by atoms with Gasteiger partial charge >= 0.3 is 5.97 Å². The molecule has 0 saturated heterocycles. The Labute approximate surface area is 122 Å². The summed E-state index contributed by atoms with van der Waals surface area (Å²) in [5, 5.41) is 8.86. The molecule has 1 aromatic carbocycles. The number of aryl methyl sites for hydroxylation is 2. The summed E-state index contributed by atoms with van der Waals surface area (Å²) in [6, 6.07) is 7.53. The Morgan fingerprint density at radius 3 is 2.33 bits per heavy atom. The van der Waals surface area contributed by atoms with Gasteiger partial charge in [0.15, 0.2) is 0 Å². The van der Waals surface area contributed by atoms with Gasteiger partial charge < -0.3 is 5.11 Å². The molecule has 110 valence electrons. The van der Waals surface area contributed by atoms with Gasteiger partial charge in [0.2, 0.25) is 0 Å². The second-order valence-corrected chi connectivity index (χ2v) is 6.35. The van der Waals surface area contributed by atoms with Crippen molar-refractivity contribution in [3.8, 4) is 0 Å². The summed E-state index contributed by atoms with van der Waals surface area (Å²) in [7, 11) is -3.77. The van der Waals surface area contributed by atoms with Crippen molar-refractivity contribution >= 4 is 21.7 Å². The molecule has 0 atom stereocenters. The molecule has 2 aromatic rings. The first-order valence-electron chi connectivity index (χ1n) is 6.08. The number of aromatic nitrogens is 1. The summed E-state index contributed by atoms with van der Waals surface area (Å²) < 4.78 is 27.0. The summed E-state index contributed by atoms with van der Waals surface area (Å²) in [4.78, 5) is 14.6. The fourth-order valence-electron chi connectivity index (χ4n) is 1.91. The number of aromatic carboxylic acids is 1. The van der Waals surface area contributed by atoms with Crippen molar-refractivity contribution in [3.05, 3.63) is 53.3 Å². The molecule has 1 aromatic heterocycles. The molecule has 1 heterocycles. The van der Waals surface area contributed by atoms with E-state index in [0.717, 1.165) is 11.1 Å². The van der Waals surface area contributed by atoms with E-state index in [1.165, 1.54) is 18.3 Å². The number of sulfonamides is 1. The van der Waals surface area contributed by atoms with Gasteiger partial charge in [-0.2, -0.15) is 0 Å². The van der Waals surface area contributed by atoms with E-state index in [9.17, 15) is 13.2 Å². The first kappa shape index (κ1) is 15.0. The molecule has 7 heteroatoms. The van der Waals surface area contributed by atoms with Gasteiger partial charge in [0.25, 0.3) is 10.0 Å². The molecule has 0 radical (unpaired) electrons. The lowest BCUT2D eigenvalue weighted by Crippen LogP contribution is -2.14. The van der Waals surface area contributed by atoms with Crippen molar-refractivity contribution < 1.29 is 18.3 Å². The molecule has 0 amide bonds. The Kier molecular flexibility index (Phi) is 3.95. The molecule has 0 fully saturated rings. The zero-order chi connectivity index (χ0) is 15.6. The smallest absolute Gasteiger partial charge is 0.354 e. The molecule has 0 bridgehead atoms. The van der Waals surface area contributed by atoms with Crippen LogP contribution in [0.25, 0.3) is 0 Å². The number of carbonyl (C=O) groups is 1. The third-order valence-electron chi connectivity index (χ3n) is 2.74. The SMILES string of the molecule is Cc1cc(C)cc(S(=O)(=O)Nc2ccnc(C(=O)O)c2)c1. The van der Waals surface area contributed by atoms with Crippen molar-refractivity contribution in [3.63, 3.8) is 0 Å². The van der Waals surface area contributed by atoms with Gasteiger partial charge in [-0.3, -0.25) is 4.72 Å². The van der Waals surface area contributed by atoms with Crippen LogP contribution in [0, 0.1) is 13.8 Å². The molecular formula is C14H14N2O4S. The van der Waals surface area contributed by atoms with Gasteiger partial charge in [-0.15, -0.1) is 0 Å². The standard InChI is InChI=1S/C14H14N2O4S/c1-9-5-10(2)7-12(6-9)21(19,20)16-11-3-4-15-13(8-11)14(17)18/h3-8H,1-2H3,(H,15,16)(H,17,18). The van der Waals surface area contributed by atoms with Crippen LogP contribution in [0.4, 0.5) is 5.69 Å². The number of benzene rings is 1. The lowest BCUT2D eigenvalue weighted by Gasteiger charge is -2.10. The Bertz CT molecular complexity index is 780. The van der Waals surface area contributed by atoms with Crippen LogP contribution in [0.1, 0.15) is 21.6 Å². The van der Waals surface area contributed by atoms with E-state index in [1.807, 2.05) is 6.07 Å². The Hall–Kier alpha value is -2.41. The van der Waals surface area contributed by atoms with Crippen molar-refractivity contribution in [2.24, 2.45) is 0 Å². The maximum atomic E-state index is 12.3. The summed E-state index contributed by atoms with van der Waals surface area (Å²) in [6.07, 6.45) is 1.24. The van der Waals surface area contributed by atoms with E-state index in [0.29, 0.717) is 0 Å². The maximum Gasteiger partial charge on any atom is 0.354 e. The molecule has 0 aliphatic carbocycles. The van der Waals surface area contributed by atoms with E-state index in [4.69, 9.17) is 5.11 Å². The molecule has 2 rings (SSSR count). The highest BCUT2D eigenvalue weighted by Crippen LogP contribution is 2.19. The number of rotatable bonds is 4. The average molecular weight is 306 g/mol. The lowest BCUT2D eigenvalue weighted by atomic mass is 10.2. The second kappa shape index (κ2) is 5.53. The molecular weight excluding hydrogens is 292 g/mol. The maximum absolute atomic E-state index is 12.3. The minimum atomic E-state index is -3.77. The highest BCUT2D eigenvalue weighted by atomic mass is 32.2. The predicted octanol–water partition coefficient (Wildman–Crippen LogP) is 2.20. The largest absolute Gasteiger partial charge is 0.477 e. The molecule has 2 N–H and O–H groups in total. The van der Waals surface area contributed by atoms with Gasteiger partial charge in [-0.05, 0) is 49.2 Å². The van der Waals surface area contributed by atoms with E-state index in [2.05, 4.69) is 9.71 Å². The number of hydrogen-bond donors (Lipinski definition) is 2. The number of anilines is 1. The molecule has 0 spiro atoms. The fourth-order valence-corrected chi connectivity index (χ4v) is 3.15. The average Bonchev–Trinajstić information content (AvgIpc) is 2.37. The van der Waals surface area contributed by atoms with Crippen LogP contribution in [-0.2, 0) is 10.0 Å². The zero-order valence-electron chi connectivity index (χ0n) is 11.5. The van der Waals surface area contributed by atoms with Gasteiger partial charge in [-0.1, -0.05) is 6.07 Å². The van der Waals surface area contributed by atoms with Crippen LogP contribution >= 0.6 is 0 Å². The van der Waals surface area contributed by atoms with Gasteiger partial charge in [-0.25, -0.2) is 18.2 Å². The normalized spacial score (nSPS) is 11.1. The highest BCUT2D eigenvalue weighted by Gasteiger charge is 2.16. The van der Waals surface area contributed by atoms with Crippen LogP contribution in [0.15, 0.2) is 41.4 Å². The topological polar surface area (TPSA) is 96.4 Å². The molecule has 6 nitrogen and oxygen atoms in total. The Balaban J connectivity index is 2.37. The summed E-state index contributed by atoms with van der Waals surface area (Å²) in [6.45, 7) is 3.61. The summed E-state index contributed by atoms with van der Waals surface area (Å²) >= 11 is 0. The number of nitrogens with one attached hydrogen (secondary N) is 1. The Morgan fingerprint density at radius 1 is 1.14 bits per heavy atom. The van der Waals surface area contributed by atoms with Crippen LogP contribution in [0.2, 0.25) is 0 Å². The van der Waals surface area contributed by atoms with Gasteiger partial charge in [0.1, 0.15) is 5.69 Å². The quantitative estimate of drug-likeness (QED) is 0.902. The number of carboxylic acid groups (broad SMARTS) is 1. The van der Waals surface area contributed by atoms with Crippen LogP contribution in [-0.4, -0.2) is 24.5 Å². The van der Waals surface area contributed by atoms with Crippen molar-refractivity contribution in [2.75, 3.05) is 4.72 Å². The monoisotopic (exact) mass is 306 g/mol. The third kappa shape index (κ3) is 3.57. The first-order chi connectivity index (χ1) is 9.78. The van der Waals surface area contributed by atoms with Gasteiger partial charge in [0.05, 0.1) is 10.6 Å². The van der Waals surface area contributed by atoms with Gasteiger partial charge in [0, 0.05) is 6.20 Å². The number of nitrogens with zero attached hydrogens (tertiary/aromatic N) is 1. The minimum Gasteiger partial charge on any atom is -0.477 e. The molecule has 0 aliphatic rings. The molecule has 0 unspecified atom stereocenters.